The van der Waals surface area contributed by atoms with Crippen molar-refractivity contribution in [2.45, 2.75) is 20.0 Å². The van der Waals surface area contributed by atoms with Crippen molar-refractivity contribution in [3.63, 3.8) is 0 Å². The molecule has 0 saturated carbocycles. The normalized spacial score (nSPS) is 12.8. The molecule has 130 valence electrons. The highest BCUT2D eigenvalue weighted by Gasteiger charge is 2.22. The number of hydrogen-bond acceptors (Lipinski definition) is 6. The Morgan fingerprint density at radius 1 is 1.08 bits per heavy atom. The van der Waals surface area contributed by atoms with Gasteiger partial charge in [-0.05, 0) is 30.7 Å². The van der Waals surface area contributed by atoms with Crippen molar-refractivity contribution in [1.29, 1.82) is 0 Å². The highest BCUT2D eigenvalue weighted by Crippen LogP contribution is 2.42. The third-order valence-electron chi connectivity index (χ3n) is 4.43. The molecule has 0 amide bonds. The molecule has 0 N–H and O–H groups in total. The fourth-order valence-corrected chi connectivity index (χ4v) is 3.27. The Morgan fingerprint density at radius 2 is 2.00 bits per heavy atom. The highest BCUT2D eigenvalue weighted by molar-refractivity contribution is 5.73. The predicted octanol–water partition coefficient (Wildman–Crippen LogP) is 2.49. The number of fused-ring (bicyclic) bond motifs is 2. The molecular formula is C18H16N6O2. The Bertz CT molecular complexity index is 1100. The molecule has 4 heterocycles. The van der Waals surface area contributed by atoms with Gasteiger partial charge in [0.15, 0.2) is 22.8 Å². The van der Waals surface area contributed by atoms with Crippen LogP contribution < -0.4 is 9.47 Å². The van der Waals surface area contributed by atoms with Crippen LogP contribution in [0, 0.1) is 0 Å². The molecule has 0 fully saturated rings. The van der Waals surface area contributed by atoms with E-state index < -0.39 is 0 Å². The molecule has 1 aliphatic rings. The maximum absolute atomic E-state index is 5.71. The molecule has 0 radical (unpaired) electrons. The van der Waals surface area contributed by atoms with Gasteiger partial charge in [0.25, 0.3) is 0 Å². The van der Waals surface area contributed by atoms with Gasteiger partial charge in [0.2, 0.25) is 6.79 Å². The van der Waals surface area contributed by atoms with E-state index in [-0.39, 0.29) is 6.79 Å². The van der Waals surface area contributed by atoms with Crippen LogP contribution in [0.1, 0.15) is 12.5 Å². The number of nitrogens with zero attached hydrogens (tertiary/aromatic N) is 6. The third kappa shape index (κ3) is 2.30. The van der Waals surface area contributed by atoms with E-state index in [0.717, 1.165) is 40.5 Å². The summed E-state index contributed by atoms with van der Waals surface area (Å²) in [6, 6.07) is 6.10. The van der Waals surface area contributed by atoms with E-state index in [9.17, 15) is 0 Å². The lowest BCUT2D eigenvalue weighted by Gasteiger charge is -2.11. The molecule has 4 aromatic rings. The van der Waals surface area contributed by atoms with E-state index in [4.69, 9.17) is 9.47 Å². The van der Waals surface area contributed by atoms with Crippen molar-refractivity contribution in [2.24, 2.45) is 0 Å². The van der Waals surface area contributed by atoms with E-state index in [1.165, 1.54) is 0 Å². The molecule has 1 aromatic carbocycles. The monoisotopic (exact) mass is 348 g/mol. The van der Waals surface area contributed by atoms with Crippen LogP contribution in [0.2, 0.25) is 0 Å². The zero-order valence-electron chi connectivity index (χ0n) is 14.2. The van der Waals surface area contributed by atoms with Gasteiger partial charge in [-0.3, -0.25) is 4.68 Å². The standard InChI is InChI=1S/C18H16N6O2/c1-2-24-14(3-4-22-24)13-7-12(8-15-16(13)26-11-25-15)9-23-10-21-17-18(23)20-6-5-19-17/h3-8,10H,2,9,11H2,1H3. The first-order valence-corrected chi connectivity index (χ1v) is 8.40. The van der Waals surface area contributed by atoms with Crippen LogP contribution in [-0.2, 0) is 13.1 Å². The predicted molar refractivity (Wildman–Crippen MR) is 93.9 cm³/mol. The molecule has 8 nitrogen and oxygen atoms in total. The minimum atomic E-state index is 0.228. The zero-order valence-corrected chi connectivity index (χ0v) is 14.2. The van der Waals surface area contributed by atoms with E-state index in [1.54, 1.807) is 24.9 Å². The van der Waals surface area contributed by atoms with Crippen molar-refractivity contribution in [3.05, 3.63) is 48.7 Å². The second-order valence-corrected chi connectivity index (χ2v) is 5.99. The molecule has 0 saturated heterocycles. The summed E-state index contributed by atoms with van der Waals surface area (Å²) >= 11 is 0. The van der Waals surface area contributed by atoms with Crippen molar-refractivity contribution >= 4 is 11.3 Å². The number of aromatic nitrogens is 6. The van der Waals surface area contributed by atoms with E-state index in [0.29, 0.717) is 12.2 Å². The van der Waals surface area contributed by atoms with Gasteiger partial charge < -0.3 is 14.0 Å². The fraction of sp³-hybridized carbons (Fsp3) is 0.222. The van der Waals surface area contributed by atoms with Gasteiger partial charge in [-0.15, -0.1) is 0 Å². The largest absolute Gasteiger partial charge is 0.454 e. The Morgan fingerprint density at radius 3 is 2.92 bits per heavy atom. The van der Waals surface area contributed by atoms with Crippen molar-refractivity contribution in [1.82, 2.24) is 29.3 Å². The van der Waals surface area contributed by atoms with Crippen LogP contribution in [0.25, 0.3) is 22.6 Å². The first-order chi connectivity index (χ1) is 12.8. The van der Waals surface area contributed by atoms with Gasteiger partial charge in [0, 0.05) is 30.7 Å². The zero-order chi connectivity index (χ0) is 17.5. The maximum Gasteiger partial charge on any atom is 0.231 e. The number of aryl methyl sites for hydroxylation is 1. The summed E-state index contributed by atoms with van der Waals surface area (Å²) in [4.78, 5) is 12.9. The van der Waals surface area contributed by atoms with E-state index >= 15 is 0 Å². The Balaban J connectivity index is 1.61. The molecule has 0 aliphatic carbocycles. The van der Waals surface area contributed by atoms with Crippen LogP contribution in [0.5, 0.6) is 11.5 Å². The molecule has 26 heavy (non-hydrogen) atoms. The summed E-state index contributed by atoms with van der Waals surface area (Å²) in [5.41, 5.74) is 4.44. The van der Waals surface area contributed by atoms with Crippen LogP contribution in [0.4, 0.5) is 0 Å². The number of hydrogen-bond donors (Lipinski definition) is 0. The van der Waals surface area contributed by atoms with Crippen LogP contribution in [0.3, 0.4) is 0 Å². The van der Waals surface area contributed by atoms with Crippen molar-refractivity contribution in [3.8, 4) is 22.8 Å². The van der Waals surface area contributed by atoms with E-state index in [1.807, 2.05) is 21.4 Å². The number of rotatable bonds is 4. The highest BCUT2D eigenvalue weighted by atomic mass is 16.7. The topological polar surface area (TPSA) is 79.9 Å². The Kier molecular flexibility index (Phi) is 3.34. The Labute approximate surface area is 149 Å². The first kappa shape index (κ1) is 14.9. The van der Waals surface area contributed by atoms with Gasteiger partial charge in [-0.2, -0.15) is 5.10 Å². The maximum atomic E-state index is 5.71. The summed E-state index contributed by atoms with van der Waals surface area (Å²) in [6.45, 7) is 3.68. The quantitative estimate of drug-likeness (QED) is 0.564. The summed E-state index contributed by atoms with van der Waals surface area (Å²) in [7, 11) is 0. The average molecular weight is 348 g/mol. The second-order valence-electron chi connectivity index (χ2n) is 5.99. The summed E-state index contributed by atoms with van der Waals surface area (Å²) in [6.07, 6.45) is 6.87. The Hall–Kier alpha value is -3.42. The van der Waals surface area contributed by atoms with Crippen molar-refractivity contribution < 1.29 is 9.47 Å². The number of ether oxygens (including phenoxy) is 2. The van der Waals surface area contributed by atoms with Gasteiger partial charge in [0.1, 0.15) is 0 Å². The second kappa shape index (κ2) is 5.83. The van der Waals surface area contributed by atoms with Gasteiger partial charge in [0.05, 0.1) is 18.6 Å². The molecule has 0 atom stereocenters. The average Bonchev–Trinajstić information content (AvgIpc) is 3.40. The van der Waals surface area contributed by atoms with Gasteiger partial charge in [-0.25, -0.2) is 15.0 Å². The van der Waals surface area contributed by atoms with Crippen molar-refractivity contribution in [2.75, 3.05) is 6.79 Å². The summed E-state index contributed by atoms with van der Waals surface area (Å²) in [5, 5.41) is 4.37. The lowest BCUT2D eigenvalue weighted by Crippen LogP contribution is -2.02. The van der Waals surface area contributed by atoms with E-state index in [2.05, 4.69) is 33.0 Å². The molecule has 0 bridgehead atoms. The molecule has 8 heteroatoms. The molecule has 3 aromatic heterocycles. The van der Waals surface area contributed by atoms with Gasteiger partial charge in [-0.1, -0.05) is 0 Å². The third-order valence-corrected chi connectivity index (χ3v) is 4.43. The summed E-state index contributed by atoms with van der Waals surface area (Å²) < 4.78 is 15.3. The first-order valence-electron chi connectivity index (χ1n) is 8.40. The lowest BCUT2D eigenvalue weighted by atomic mass is 10.1. The fourth-order valence-electron chi connectivity index (χ4n) is 3.27. The molecule has 0 unspecified atom stereocenters. The van der Waals surface area contributed by atoms with Crippen LogP contribution in [0.15, 0.2) is 43.1 Å². The molecular weight excluding hydrogens is 332 g/mol. The van der Waals surface area contributed by atoms with Crippen LogP contribution >= 0.6 is 0 Å². The lowest BCUT2D eigenvalue weighted by molar-refractivity contribution is 0.174. The SMILES string of the molecule is CCn1nccc1-c1cc(Cn2cnc3nccnc32)cc2c1OCO2. The minimum Gasteiger partial charge on any atom is -0.454 e. The number of imidazole rings is 1. The van der Waals surface area contributed by atoms with Gasteiger partial charge >= 0.3 is 0 Å². The number of benzene rings is 1. The smallest absolute Gasteiger partial charge is 0.231 e. The molecule has 5 rings (SSSR count). The molecule has 1 aliphatic heterocycles. The minimum absolute atomic E-state index is 0.228. The molecule has 0 spiro atoms. The summed E-state index contributed by atoms with van der Waals surface area (Å²) in [5.74, 6) is 1.51. The van der Waals surface area contributed by atoms with Crippen LogP contribution in [-0.4, -0.2) is 36.1 Å².